The Bertz CT molecular complexity index is 504. The van der Waals surface area contributed by atoms with Crippen LogP contribution in [0.15, 0.2) is 12.1 Å². The molecule has 0 spiro atoms. The molecule has 0 radical (unpaired) electrons. The van der Waals surface area contributed by atoms with Crippen LogP contribution in [0.1, 0.15) is 0 Å². The maximum atomic E-state index is 11.3. The SMILES string of the molecule is COc1cc(NS(=O)(=O)CCl)c(OC)cc1Cl. The van der Waals surface area contributed by atoms with E-state index in [1.54, 1.807) is 0 Å². The van der Waals surface area contributed by atoms with Gasteiger partial charge in [0.25, 0.3) is 0 Å². The first-order chi connectivity index (χ1) is 7.93. The molecule has 1 aromatic carbocycles. The molecule has 1 rings (SSSR count). The molecule has 0 heterocycles. The van der Waals surface area contributed by atoms with E-state index in [1.165, 1.54) is 26.4 Å². The van der Waals surface area contributed by atoms with Crippen molar-refractivity contribution in [3.05, 3.63) is 17.2 Å². The second-order valence-corrected chi connectivity index (χ2v) is 5.73. The van der Waals surface area contributed by atoms with Gasteiger partial charge in [0.2, 0.25) is 10.0 Å². The van der Waals surface area contributed by atoms with Crippen molar-refractivity contribution >= 4 is 38.9 Å². The Balaban J connectivity index is 3.22. The van der Waals surface area contributed by atoms with Gasteiger partial charge in [-0.2, -0.15) is 0 Å². The zero-order chi connectivity index (χ0) is 13.1. The Morgan fingerprint density at radius 3 is 2.29 bits per heavy atom. The number of nitrogens with one attached hydrogen (secondary N) is 1. The molecular weight excluding hydrogens is 289 g/mol. The summed E-state index contributed by atoms with van der Waals surface area (Å²) in [7, 11) is -0.783. The maximum Gasteiger partial charge on any atom is 0.246 e. The highest BCUT2D eigenvalue weighted by molar-refractivity contribution is 7.93. The van der Waals surface area contributed by atoms with E-state index >= 15 is 0 Å². The highest BCUT2D eigenvalue weighted by atomic mass is 35.5. The van der Waals surface area contributed by atoms with Crippen molar-refractivity contribution in [2.24, 2.45) is 0 Å². The second kappa shape index (κ2) is 5.66. The number of alkyl halides is 1. The van der Waals surface area contributed by atoms with Crippen molar-refractivity contribution in [1.29, 1.82) is 0 Å². The number of ether oxygens (including phenoxy) is 2. The quantitative estimate of drug-likeness (QED) is 0.847. The highest BCUT2D eigenvalue weighted by Crippen LogP contribution is 2.36. The summed E-state index contributed by atoms with van der Waals surface area (Å²) in [4.78, 5) is 0. The molecule has 0 aromatic heterocycles. The molecule has 8 heteroatoms. The van der Waals surface area contributed by atoms with Crippen LogP contribution in [0.2, 0.25) is 5.02 Å². The van der Waals surface area contributed by atoms with Gasteiger partial charge in [0.05, 0.1) is 24.9 Å². The van der Waals surface area contributed by atoms with Crippen LogP contribution in [-0.4, -0.2) is 27.8 Å². The van der Waals surface area contributed by atoms with Crippen molar-refractivity contribution in [3.8, 4) is 11.5 Å². The van der Waals surface area contributed by atoms with Crippen molar-refractivity contribution < 1.29 is 17.9 Å². The van der Waals surface area contributed by atoms with Gasteiger partial charge in [0.15, 0.2) is 0 Å². The summed E-state index contributed by atoms with van der Waals surface area (Å²) in [6.07, 6.45) is 0. The monoisotopic (exact) mass is 299 g/mol. The molecular formula is C9H11Cl2NO4S. The van der Waals surface area contributed by atoms with Crippen molar-refractivity contribution in [1.82, 2.24) is 0 Å². The van der Waals surface area contributed by atoms with Crippen LogP contribution in [-0.2, 0) is 10.0 Å². The van der Waals surface area contributed by atoms with Crippen LogP contribution >= 0.6 is 23.2 Å². The third-order valence-corrected chi connectivity index (χ3v) is 3.86. The van der Waals surface area contributed by atoms with E-state index in [1.807, 2.05) is 0 Å². The summed E-state index contributed by atoms with van der Waals surface area (Å²) in [5.74, 6) is 0.615. The van der Waals surface area contributed by atoms with Gasteiger partial charge in [0.1, 0.15) is 16.7 Å². The average molecular weight is 300 g/mol. The van der Waals surface area contributed by atoms with Crippen LogP contribution in [0.5, 0.6) is 11.5 Å². The molecule has 0 aliphatic heterocycles. The van der Waals surface area contributed by atoms with E-state index in [0.29, 0.717) is 10.8 Å². The number of sulfonamides is 1. The van der Waals surface area contributed by atoms with Crippen LogP contribution in [0.25, 0.3) is 0 Å². The van der Waals surface area contributed by atoms with Crippen molar-refractivity contribution in [2.75, 3.05) is 24.2 Å². The molecule has 17 heavy (non-hydrogen) atoms. The van der Waals surface area contributed by atoms with Gasteiger partial charge in [-0.05, 0) is 0 Å². The lowest BCUT2D eigenvalue weighted by atomic mass is 10.3. The fourth-order valence-corrected chi connectivity index (χ4v) is 2.08. The lowest BCUT2D eigenvalue weighted by molar-refractivity contribution is 0.405. The van der Waals surface area contributed by atoms with Crippen LogP contribution in [0.4, 0.5) is 5.69 Å². The van der Waals surface area contributed by atoms with E-state index in [0.717, 1.165) is 0 Å². The molecule has 0 aliphatic rings. The summed E-state index contributed by atoms with van der Waals surface area (Å²) in [5.41, 5.74) is 0.217. The first-order valence-electron chi connectivity index (χ1n) is 4.41. The first-order valence-corrected chi connectivity index (χ1v) is 6.98. The van der Waals surface area contributed by atoms with Gasteiger partial charge in [-0.15, -0.1) is 11.6 Å². The fraction of sp³-hybridized carbons (Fsp3) is 0.333. The molecule has 0 unspecified atom stereocenters. The zero-order valence-corrected chi connectivity index (χ0v) is 11.5. The topological polar surface area (TPSA) is 64.6 Å². The number of benzene rings is 1. The van der Waals surface area contributed by atoms with E-state index in [2.05, 4.69) is 4.72 Å². The Labute approximate surface area is 110 Å². The largest absolute Gasteiger partial charge is 0.495 e. The molecule has 1 aromatic rings. The third kappa shape index (κ3) is 3.55. The Morgan fingerprint density at radius 1 is 1.24 bits per heavy atom. The predicted molar refractivity (Wildman–Crippen MR) is 67.8 cm³/mol. The average Bonchev–Trinajstić information content (AvgIpc) is 2.30. The van der Waals surface area contributed by atoms with E-state index in [4.69, 9.17) is 32.7 Å². The standard InChI is InChI=1S/C9H11Cl2NO4S/c1-15-8-4-7(12-17(13,14)5-10)9(16-2)3-6(8)11/h3-4,12H,5H2,1-2H3. The summed E-state index contributed by atoms with van der Waals surface area (Å²) >= 11 is 11.2. The van der Waals surface area contributed by atoms with Crippen molar-refractivity contribution in [2.45, 2.75) is 0 Å². The molecule has 0 bridgehead atoms. The van der Waals surface area contributed by atoms with E-state index in [9.17, 15) is 8.42 Å². The maximum absolute atomic E-state index is 11.3. The molecule has 96 valence electrons. The lowest BCUT2D eigenvalue weighted by Crippen LogP contribution is -2.14. The highest BCUT2D eigenvalue weighted by Gasteiger charge is 2.15. The Hall–Kier alpha value is -0.850. The van der Waals surface area contributed by atoms with Crippen LogP contribution in [0.3, 0.4) is 0 Å². The first kappa shape index (κ1) is 14.2. The minimum atomic E-state index is -3.61. The molecule has 0 saturated carbocycles. The lowest BCUT2D eigenvalue weighted by Gasteiger charge is -2.13. The summed E-state index contributed by atoms with van der Waals surface area (Å²) in [6.45, 7) is 0. The van der Waals surface area contributed by atoms with E-state index in [-0.39, 0.29) is 11.4 Å². The molecule has 0 saturated heterocycles. The zero-order valence-electron chi connectivity index (χ0n) is 9.16. The van der Waals surface area contributed by atoms with Gasteiger partial charge < -0.3 is 9.47 Å². The number of halogens is 2. The fourth-order valence-electron chi connectivity index (χ4n) is 1.14. The molecule has 0 amide bonds. The van der Waals surface area contributed by atoms with Crippen LogP contribution in [0, 0.1) is 0 Å². The molecule has 0 fully saturated rings. The minimum Gasteiger partial charge on any atom is -0.495 e. The Kier molecular flexibility index (Phi) is 4.73. The van der Waals surface area contributed by atoms with Gasteiger partial charge in [-0.25, -0.2) is 8.42 Å². The number of methoxy groups -OCH3 is 2. The van der Waals surface area contributed by atoms with Gasteiger partial charge in [-0.3, -0.25) is 4.72 Å². The number of hydrogen-bond acceptors (Lipinski definition) is 4. The van der Waals surface area contributed by atoms with Gasteiger partial charge in [0, 0.05) is 12.1 Å². The third-order valence-electron chi connectivity index (χ3n) is 1.88. The van der Waals surface area contributed by atoms with Crippen LogP contribution < -0.4 is 14.2 Å². The molecule has 1 N–H and O–H groups in total. The molecule has 5 nitrogen and oxygen atoms in total. The van der Waals surface area contributed by atoms with Crippen molar-refractivity contribution in [3.63, 3.8) is 0 Å². The second-order valence-electron chi connectivity index (χ2n) is 3.01. The van der Waals surface area contributed by atoms with Gasteiger partial charge >= 0.3 is 0 Å². The van der Waals surface area contributed by atoms with E-state index < -0.39 is 15.2 Å². The number of anilines is 1. The Morgan fingerprint density at radius 2 is 1.82 bits per heavy atom. The smallest absolute Gasteiger partial charge is 0.246 e. The summed E-state index contributed by atoms with van der Waals surface area (Å²) < 4.78 is 34.9. The summed E-state index contributed by atoms with van der Waals surface area (Å²) in [5, 5.41) is -0.237. The minimum absolute atomic E-state index is 0.217. The normalized spacial score (nSPS) is 11.1. The number of rotatable bonds is 5. The molecule has 0 aliphatic carbocycles. The molecule has 0 atom stereocenters. The summed E-state index contributed by atoms with van der Waals surface area (Å²) in [6, 6.07) is 2.87. The van der Waals surface area contributed by atoms with Gasteiger partial charge in [-0.1, -0.05) is 11.6 Å². The predicted octanol–water partition coefficient (Wildman–Crippen LogP) is 2.30. The number of hydrogen-bond donors (Lipinski definition) is 1.